The van der Waals surface area contributed by atoms with Crippen LogP contribution in [0.5, 0.6) is 0 Å². The van der Waals surface area contributed by atoms with Crippen LogP contribution >= 0.6 is 0 Å². The lowest BCUT2D eigenvalue weighted by atomic mass is 10.1. The third-order valence-electron chi connectivity index (χ3n) is 4.24. The molecule has 19 heavy (non-hydrogen) atoms. The first-order valence-corrected chi connectivity index (χ1v) is 6.97. The molecule has 2 aliphatic heterocycles. The number of nitrogens with one attached hydrogen (secondary N) is 1. The molecule has 0 aliphatic carbocycles. The Morgan fingerprint density at radius 2 is 2.26 bits per heavy atom. The Hall–Kier alpha value is -1.62. The van der Waals surface area contributed by atoms with Gasteiger partial charge in [-0.1, -0.05) is 6.07 Å². The maximum atomic E-state index is 7.50. The molecule has 5 heteroatoms. The molecular weight excluding hydrogens is 238 g/mol. The average Bonchev–Trinajstić information content (AvgIpc) is 2.85. The highest BCUT2D eigenvalue weighted by Gasteiger charge is 2.34. The Kier molecular flexibility index (Phi) is 3.14. The van der Waals surface area contributed by atoms with Gasteiger partial charge in [0.2, 0.25) is 0 Å². The van der Waals surface area contributed by atoms with Crippen molar-refractivity contribution in [1.29, 1.82) is 5.41 Å². The molecule has 1 aromatic heterocycles. The van der Waals surface area contributed by atoms with Crippen molar-refractivity contribution in [1.82, 2.24) is 9.88 Å². The summed E-state index contributed by atoms with van der Waals surface area (Å²) in [4.78, 5) is 9.47. The van der Waals surface area contributed by atoms with E-state index in [2.05, 4.69) is 21.7 Å². The van der Waals surface area contributed by atoms with Gasteiger partial charge >= 0.3 is 0 Å². The van der Waals surface area contributed by atoms with Gasteiger partial charge < -0.3 is 10.6 Å². The van der Waals surface area contributed by atoms with E-state index in [4.69, 9.17) is 11.1 Å². The molecule has 0 spiro atoms. The fraction of sp³-hybridized carbons (Fsp3) is 0.571. The summed E-state index contributed by atoms with van der Waals surface area (Å²) in [6.07, 6.45) is 2.60. The summed E-state index contributed by atoms with van der Waals surface area (Å²) in [6, 6.07) is 6.88. The first kappa shape index (κ1) is 12.4. The van der Waals surface area contributed by atoms with Gasteiger partial charge in [0.15, 0.2) is 0 Å². The standard InChI is InChI=1S/C14H21N5/c1-10-8-18-7-3-4-11(18)9-19(10)13-6-2-5-12(17-13)14(15)16/h2,5-6,10-11H,3-4,7-9H2,1H3,(H3,15,16). The minimum atomic E-state index is 0.0361. The molecule has 3 rings (SSSR count). The zero-order chi connectivity index (χ0) is 13.4. The molecule has 0 radical (unpaired) electrons. The molecule has 3 N–H and O–H groups in total. The van der Waals surface area contributed by atoms with E-state index >= 15 is 0 Å². The lowest BCUT2D eigenvalue weighted by molar-refractivity contribution is 0.202. The third kappa shape index (κ3) is 2.30. The normalized spacial score (nSPS) is 27.3. The number of nitrogens with two attached hydrogens (primary N) is 1. The van der Waals surface area contributed by atoms with E-state index in [0.29, 0.717) is 17.8 Å². The molecule has 2 saturated heterocycles. The van der Waals surface area contributed by atoms with Gasteiger partial charge in [-0.15, -0.1) is 0 Å². The van der Waals surface area contributed by atoms with Crippen LogP contribution in [0.15, 0.2) is 18.2 Å². The number of nitrogens with zero attached hydrogens (tertiary/aromatic N) is 3. The Balaban J connectivity index is 1.84. The number of hydrogen-bond acceptors (Lipinski definition) is 4. The summed E-state index contributed by atoms with van der Waals surface area (Å²) < 4.78 is 0. The number of nitrogen functional groups attached to an aromatic ring is 1. The van der Waals surface area contributed by atoms with Gasteiger partial charge in [0, 0.05) is 25.2 Å². The van der Waals surface area contributed by atoms with Crippen molar-refractivity contribution in [3.63, 3.8) is 0 Å². The molecule has 2 aliphatic rings. The average molecular weight is 259 g/mol. The molecule has 102 valence electrons. The molecule has 0 amide bonds. The summed E-state index contributed by atoms with van der Waals surface area (Å²) in [7, 11) is 0. The van der Waals surface area contributed by atoms with Crippen LogP contribution in [-0.2, 0) is 0 Å². The number of aromatic nitrogens is 1. The van der Waals surface area contributed by atoms with Crippen molar-refractivity contribution in [2.45, 2.75) is 31.8 Å². The molecule has 0 saturated carbocycles. The smallest absolute Gasteiger partial charge is 0.141 e. The number of piperazine rings is 1. The Morgan fingerprint density at radius 3 is 3.05 bits per heavy atom. The van der Waals surface area contributed by atoms with E-state index in [0.717, 1.165) is 18.9 Å². The van der Waals surface area contributed by atoms with Crippen molar-refractivity contribution in [3.05, 3.63) is 23.9 Å². The minimum Gasteiger partial charge on any atom is -0.382 e. The van der Waals surface area contributed by atoms with Gasteiger partial charge in [-0.05, 0) is 38.4 Å². The SMILES string of the molecule is CC1CN2CCCC2CN1c1cccc(C(=N)N)n1. The molecule has 0 bridgehead atoms. The van der Waals surface area contributed by atoms with Crippen molar-refractivity contribution in [2.75, 3.05) is 24.5 Å². The second-order valence-corrected chi connectivity index (χ2v) is 5.59. The number of amidine groups is 1. The molecule has 3 heterocycles. The number of fused-ring (bicyclic) bond motifs is 1. The summed E-state index contributed by atoms with van der Waals surface area (Å²) in [6.45, 7) is 5.63. The number of anilines is 1. The summed E-state index contributed by atoms with van der Waals surface area (Å²) in [5.41, 5.74) is 6.09. The zero-order valence-corrected chi connectivity index (χ0v) is 11.3. The van der Waals surface area contributed by atoms with E-state index in [1.54, 1.807) is 6.07 Å². The van der Waals surface area contributed by atoms with Crippen LogP contribution in [0.25, 0.3) is 0 Å². The van der Waals surface area contributed by atoms with Crippen molar-refractivity contribution in [2.24, 2.45) is 5.73 Å². The molecule has 2 unspecified atom stereocenters. The van der Waals surface area contributed by atoms with E-state index in [1.165, 1.54) is 19.4 Å². The zero-order valence-electron chi connectivity index (χ0n) is 11.3. The van der Waals surface area contributed by atoms with E-state index in [9.17, 15) is 0 Å². The maximum absolute atomic E-state index is 7.50. The van der Waals surface area contributed by atoms with Crippen LogP contribution in [0.2, 0.25) is 0 Å². The Bertz CT molecular complexity index is 486. The molecule has 2 fully saturated rings. The lowest BCUT2D eigenvalue weighted by Crippen LogP contribution is -2.55. The van der Waals surface area contributed by atoms with Crippen molar-refractivity contribution < 1.29 is 0 Å². The van der Waals surface area contributed by atoms with Crippen LogP contribution in [-0.4, -0.2) is 47.4 Å². The second kappa shape index (κ2) is 4.81. The van der Waals surface area contributed by atoms with Gasteiger partial charge in [0.1, 0.15) is 17.3 Å². The topological polar surface area (TPSA) is 69.2 Å². The highest BCUT2D eigenvalue weighted by atomic mass is 15.3. The Labute approximate surface area is 113 Å². The van der Waals surface area contributed by atoms with Crippen LogP contribution < -0.4 is 10.6 Å². The quantitative estimate of drug-likeness (QED) is 0.615. The fourth-order valence-corrected chi connectivity index (χ4v) is 3.24. The highest BCUT2D eigenvalue weighted by molar-refractivity contribution is 5.93. The fourth-order valence-electron chi connectivity index (χ4n) is 3.24. The van der Waals surface area contributed by atoms with Gasteiger partial charge in [-0.3, -0.25) is 10.3 Å². The summed E-state index contributed by atoms with van der Waals surface area (Å²) >= 11 is 0. The Morgan fingerprint density at radius 1 is 1.42 bits per heavy atom. The molecule has 0 aromatic carbocycles. The van der Waals surface area contributed by atoms with Crippen LogP contribution in [0.4, 0.5) is 5.82 Å². The van der Waals surface area contributed by atoms with Gasteiger partial charge in [-0.25, -0.2) is 4.98 Å². The van der Waals surface area contributed by atoms with Gasteiger partial charge in [0.05, 0.1) is 0 Å². The van der Waals surface area contributed by atoms with E-state index in [-0.39, 0.29) is 5.84 Å². The predicted molar refractivity (Wildman–Crippen MR) is 76.7 cm³/mol. The van der Waals surface area contributed by atoms with Gasteiger partial charge in [0.25, 0.3) is 0 Å². The molecule has 1 aromatic rings. The maximum Gasteiger partial charge on any atom is 0.141 e. The molecular formula is C14H21N5. The van der Waals surface area contributed by atoms with Crippen molar-refractivity contribution in [3.8, 4) is 0 Å². The van der Waals surface area contributed by atoms with Gasteiger partial charge in [-0.2, -0.15) is 0 Å². The number of rotatable bonds is 2. The summed E-state index contributed by atoms with van der Waals surface area (Å²) in [5.74, 6) is 0.987. The first-order chi connectivity index (χ1) is 9.15. The van der Waals surface area contributed by atoms with Crippen LogP contribution in [0, 0.1) is 5.41 Å². The predicted octanol–water partition coefficient (Wildman–Crippen LogP) is 1.04. The number of hydrogen-bond donors (Lipinski definition) is 2. The lowest BCUT2D eigenvalue weighted by Gasteiger charge is -2.43. The third-order valence-corrected chi connectivity index (χ3v) is 4.24. The number of pyridine rings is 1. The molecule has 5 nitrogen and oxygen atoms in total. The van der Waals surface area contributed by atoms with Crippen LogP contribution in [0.1, 0.15) is 25.5 Å². The van der Waals surface area contributed by atoms with Crippen LogP contribution in [0.3, 0.4) is 0 Å². The highest BCUT2D eigenvalue weighted by Crippen LogP contribution is 2.27. The largest absolute Gasteiger partial charge is 0.382 e. The second-order valence-electron chi connectivity index (χ2n) is 5.59. The molecule has 2 atom stereocenters. The monoisotopic (exact) mass is 259 g/mol. The van der Waals surface area contributed by atoms with Crippen molar-refractivity contribution >= 4 is 11.7 Å². The summed E-state index contributed by atoms with van der Waals surface area (Å²) in [5, 5.41) is 7.50. The van der Waals surface area contributed by atoms with E-state index < -0.39 is 0 Å². The first-order valence-electron chi connectivity index (χ1n) is 6.97. The van der Waals surface area contributed by atoms with E-state index in [1.807, 2.05) is 12.1 Å². The minimum absolute atomic E-state index is 0.0361.